The van der Waals surface area contributed by atoms with E-state index in [2.05, 4.69) is 4.99 Å². The van der Waals surface area contributed by atoms with Crippen LogP contribution in [0.5, 0.6) is 11.5 Å². The zero-order chi connectivity index (χ0) is 19.7. The zero-order valence-electron chi connectivity index (χ0n) is 14.8. The highest BCUT2D eigenvalue weighted by molar-refractivity contribution is 6.43. The third-order valence-electron chi connectivity index (χ3n) is 4.27. The molecule has 0 saturated carbocycles. The number of imidazole rings is 1. The number of fused-ring (bicyclic) bond motifs is 1. The van der Waals surface area contributed by atoms with Crippen LogP contribution in [0.1, 0.15) is 5.56 Å². The second-order valence-corrected chi connectivity index (χ2v) is 6.79. The van der Waals surface area contributed by atoms with E-state index in [9.17, 15) is 5.11 Å². The van der Waals surface area contributed by atoms with Gasteiger partial charge in [0, 0.05) is 23.5 Å². The SMILES string of the molecule is COc1cc(-c2nc3ccccn3c2N=Cc2cccc(Cl)c2Cl)ccc1O. The number of phenols is 1. The Morgan fingerprint density at radius 1 is 1.11 bits per heavy atom. The fourth-order valence-corrected chi connectivity index (χ4v) is 3.23. The number of benzene rings is 2. The number of aromatic hydroxyl groups is 1. The summed E-state index contributed by atoms with van der Waals surface area (Å²) in [5.41, 5.74) is 2.87. The third kappa shape index (κ3) is 3.30. The molecule has 7 heteroatoms. The number of hydrogen-bond donors (Lipinski definition) is 1. The normalized spacial score (nSPS) is 11.4. The summed E-state index contributed by atoms with van der Waals surface area (Å²) in [5.74, 6) is 1.05. The van der Waals surface area contributed by atoms with Gasteiger partial charge in [-0.1, -0.05) is 41.4 Å². The van der Waals surface area contributed by atoms with E-state index in [-0.39, 0.29) is 5.75 Å². The first kappa shape index (κ1) is 18.3. The molecule has 0 aliphatic heterocycles. The average Bonchev–Trinajstić information content (AvgIpc) is 3.08. The number of aliphatic imine (C=N–C) groups is 1. The molecule has 2 aromatic heterocycles. The van der Waals surface area contributed by atoms with Gasteiger partial charge in [0.1, 0.15) is 11.3 Å². The maximum Gasteiger partial charge on any atom is 0.165 e. The number of methoxy groups -OCH3 is 1. The summed E-state index contributed by atoms with van der Waals surface area (Å²) in [4.78, 5) is 9.34. The molecule has 0 radical (unpaired) electrons. The van der Waals surface area contributed by atoms with Crippen LogP contribution in [0.3, 0.4) is 0 Å². The molecule has 2 heterocycles. The molecule has 0 unspecified atom stereocenters. The molecule has 140 valence electrons. The maximum absolute atomic E-state index is 9.89. The average molecular weight is 412 g/mol. The first-order valence-electron chi connectivity index (χ1n) is 8.41. The summed E-state index contributed by atoms with van der Waals surface area (Å²) in [5, 5.41) is 10.8. The van der Waals surface area contributed by atoms with Crippen molar-refractivity contribution >= 4 is 40.9 Å². The van der Waals surface area contributed by atoms with Crippen molar-refractivity contribution in [2.24, 2.45) is 4.99 Å². The summed E-state index contributed by atoms with van der Waals surface area (Å²) in [7, 11) is 1.50. The van der Waals surface area contributed by atoms with Gasteiger partial charge in [0.25, 0.3) is 0 Å². The lowest BCUT2D eigenvalue weighted by atomic mass is 10.1. The van der Waals surface area contributed by atoms with E-state index >= 15 is 0 Å². The van der Waals surface area contributed by atoms with Crippen molar-refractivity contribution in [2.75, 3.05) is 7.11 Å². The lowest BCUT2D eigenvalue weighted by molar-refractivity contribution is 0.373. The standard InChI is InChI=1S/C21H15Cl2N3O2/c1-28-17-11-13(8-9-16(17)27)20-21(26-10-3-2-7-18(26)25-20)24-12-14-5-4-6-15(22)19(14)23/h2-12,27H,1H3. The van der Waals surface area contributed by atoms with Gasteiger partial charge in [-0.15, -0.1) is 0 Å². The third-order valence-corrected chi connectivity index (χ3v) is 5.10. The Hall–Kier alpha value is -3.02. The van der Waals surface area contributed by atoms with Crippen LogP contribution in [0.25, 0.3) is 16.9 Å². The lowest BCUT2D eigenvalue weighted by Gasteiger charge is -2.06. The van der Waals surface area contributed by atoms with E-state index in [0.717, 1.165) is 11.2 Å². The molecule has 28 heavy (non-hydrogen) atoms. The Labute approximate surface area is 171 Å². The van der Waals surface area contributed by atoms with Crippen LogP contribution in [0, 0.1) is 0 Å². The van der Waals surface area contributed by atoms with Gasteiger partial charge >= 0.3 is 0 Å². The summed E-state index contributed by atoms with van der Waals surface area (Å²) < 4.78 is 7.10. The van der Waals surface area contributed by atoms with E-state index in [1.165, 1.54) is 7.11 Å². The Bertz CT molecular complexity index is 1200. The number of aromatic nitrogens is 2. The number of pyridine rings is 1. The van der Waals surface area contributed by atoms with Crippen LogP contribution >= 0.6 is 23.2 Å². The second-order valence-electron chi connectivity index (χ2n) is 6.00. The van der Waals surface area contributed by atoms with Gasteiger partial charge in [-0.3, -0.25) is 4.40 Å². The fourth-order valence-electron chi connectivity index (χ4n) is 2.88. The minimum Gasteiger partial charge on any atom is -0.504 e. The summed E-state index contributed by atoms with van der Waals surface area (Å²) >= 11 is 12.4. The molecule has 0 atom stereocenters. The topological polar surface area (TPSA) is 59.1 Å². The highest BCUT2D eigenvalue weighted by atomic mass is 35.5. The summed E-state index contributed by atoms with van der Waals surface area (Å²) in [6, 6.07) is 16.1. The molecule has 4 rings (SSSR count). The molecular weight excluding hydrogens is 397 g/mol. The zero-order valence-corrected chi connectivity index (χ0v) is 16.3. The van der Waals surface area contributed by atoms with Crippen LogP contribution in [-0.4, -0.2) is 27.8 Å². The van der Waals surface area contributed by atoms with Crippen LogP contribution in [-0.2, 0) is 0 Å². The van der Waals surface area contributed by atoms with Crippen molar-refractivity contribution in [1.82, 2.24) is 9.38 Å². The van der Waals surface area contributed by atoms with Gasteiger partial charge < -0.3 is 9.84 Å². The Morgan fingerprint density at radius 2 is 1.96 bits per heavy atom. The number of nitrogens with zero attached hydrogens (tertiary/aromatic N) is 3. The molecule has 0 spiro atoms. The van der Waals surface area contributed by atoms with Crippen molar-refractivity contribution in [3.05, 3.63) is 76.4 Å². The van der Waals surface area contributed by atoms with Gasteiger partial charge in [-0.25, -0.2) is 9.98 Å². The maximum atomic E-state index is 9.89. The summed E-state index contributed by atoms with van der Waals surface area (Å²) in [6.45, 7) is 0. The fraction of sp³-hybridized carbons (Fsp3) is 0.0476. The number of phenolic OH excluding ortho intramolecular Hbond substituents is 1. The van der Waals surface area contributed by atoms with Gasteiger partial charge in [-0.2, -0.15) is 0 Å². The number of rotatable bonds is 4. The van der Waals surface area contributed by atoms with Crippen molar-refractivity contribution in [3.8, 4) is 22.8 Å². The van der Waals surface area contributed by atoms with Gasteiger partial charge in [0.15, 0.2) is 17.3 Å². The first-order valence-corrected chi connectivity index (χ1v) is 9.16. The van der Waals surface area contributed by atoms with Crippen LogP contribution in [0.15, 0.2) is 65.8 Å². The molecule has 0 aliphatic rings. The van der Waals surface area contributed by atoms with Gasteiger partial charge in [0.2, 0.25) is 0 Å². The minimum absolute atomic E-state index is 0.0609. The number of halogens is 2. The molecule has 2 aromatic carbocycles. The molecule has 0 aliphatic carbocycles. The smallest absolute Gasteiger partial charge is 0.165 e. The number of ether oxygens (including phenoxy) is 1. The van der Waals surface area contributed by atoms with Crippen molar-refractivity contribution in [2.45, 2.75) is 0 Å². The minimum atomic E-state index is 0.0609. The quantitative estimate of drug-likeness (QED) is 0.433. The van der Waals surface area contributed by atoms with Crippen molar-refractivity contribution < 1.29 is 9.84 Å². The van der Waals surface area contributed by atoms with E-state index in [4.69, 9.17) is 32.9 Å². The number of hydrogen-bond acceptors (Lipinski definition) is 4. The van der Waals surface area contributed by atoms with E-state index in [1.807, 2.05) is 40.9 Å². The monoisotopic (exact) mass is 411 g/mol. The highest BCUT2D eigenvalue weighted by Gasteiger charge is 2.15. The van der Waals surface area contributed by atoms with Crippen LogP contribution in [0.2, 0.25) is 10.0 Å². The summed E-state index contributed by atoms with van der Waals surface area (Å²) in [6.07, 6.45) is 3.54. The van der Waals surface area contributed by atoms with Crippen molar-refractivity contribution in [1.29, 1.82) is 0 Å². The van der Waals surface area contributed by atoms with Crippen LogP contribution in [0.4, 0.5) is 5.82 Å². The Morgan fingerprint density at radius 3 is 2.79 bits per heavy atom. The van der Waals surface area contributed by atoms with E-state index in [0.29, 0.717) is 32.9 Å². The van der Waals surface area contributed by atoms with E-state index in [1.54, 1.807) is 30.5 Å². The van der Waals surface area contributed by atoms with Crippen LogP contribution < -0.4 is 4.74 Å². The van der Waals surface area contributed by atoms with E-state index < -0.39 is 0 Å². The predicted octanol–water partition coefficient (Wildman–Crippen LogP) is 5.77. The molecule has 0 saturated heterocycles. The van der Waals surface area contributed by atoms with Gasteiger partial charge in [-0.05, 0) is 36.4 Å². The molecule has 0 amide bonds. The molecule has 1 N–H and O–H groups in total. The predicted molar refractivity (Wildman–Crippen MR) is 113 cm³/mol. The first-order chi connectivity index (χ1) is 13.6. The highest BCUT2D eigenvalue weighted by Crippen LogP contribution is 2.36. The Kier molecular flexibility index (Phi) is 4.94. The lowest BCUT2D eigenvalue weighted by Crippen LogP contribution is -1.88. The Balaban J connectivity index is 1.89. The molecule has 5 nitrogen and oxygen atoms in total. The molecule has 0 bridgehead atoms. The molecule has 0 fully saturated rings. The van der Waals surface area contributed by atoms with Crippen molar-refractivity contribution in [3.63, 3.8) is 0 Å². The largest absolute Gasteiger partial charge is 0.504 e. The van der Waals surface area contributed by atoms with Gasteiger partial charge in [0.05, 0.1) is 17.2 Å². The molecule has 4 aromatic rings. The molecular formula is C21H15Cl2N3O2. The second kappa shape index (κ2) is 7.54.